The van der Waals surface area contributed by atoms with Gasteiger partial charge in [-0.05, 0) is 37.4 Å². The SMILES string of the molecule is FC(F)(F)Cc1cc2c(N3CCC4C(CCN4Cc4cc[nH]n4)C3)ncnc2s1. The maximum atomic E-state index is 12.8. The fourth-order valence-corrected chi connectivity index (χ4v) is 5.71. The molecule has 0 aliphatic carbocycles. The number of aromatic amines is 1. The lowest BCUT2D eigenvalue weighted by atomic mass is 9.92. The molecule has 1 N–H and O–H groups in total. The average molecular weight is 422 g/mol. The first-order valence-electron chi connectivity index (χ1n) is 9.74. The summed E-state index contributed by atoms with van der Waals surface area (Å²) < 4.78 is 38.4. The lowest BCUT2D eigenvalue weighted by Gasteiger charge is -2.38. The van der Waals surface area contributed by atoms with E-state index < -0.39 is 12.6 Å². The lowest BCUT2D eigenvalue weighted by molar-refractivity contribution is -0.126. The number of rotatable bonds is 4. The van der Waals surface area contributed by atoms with Crippen molar-refractivity contribution >= 4 is 27.4 Å². The number of anilines is 1. The minimum absolute atomic E-state index is 0.287. The minimum Gasteiger partial charge on any atom is -0.356 e. The number of nitrogens with zero attached hydrogens (tertiary/aromatic N) is 5. The number of halogens is 3. The van der Waals surface area contributed by atoms with E-state index in [0.717, 1.165) is 67.3 Å². The molecule has 2 atom stereocenters. The van der Waals surface area contributed by atoms with Gasteiger partial charge in [0, 0.05) is 36.8 Å². The van der Waals surface area contributed by atoms with Crippen LogP contribution in [0.15, 0.2) is 24.7 Å². The summed E-state index contributed by atoms with van der Waals surface area (Å²) in [5.74, 6) is 1.30. The van der Waals surface area contributed by atoms with Crippen LogP contribution in [0.5, 0.6) is 0 Å². The first-order chi connectivity index (χ1) is 14.0. The fraction of sp³-hybridized carbons (Fsp3) is 0.526. The quantitative estimate of drug-likeness (QED) is 0.696. The zero-order chi connectivity index (χ0) is 20.0. The maximum absolute atomic E-state index is 12.8. The Morgan fingerprint density at radius 3 is 2.90 bits per heavy atom. The van der Waals surface area contributed by atoms with E-state index in [-0.39, 0.29) is 4.88 Å². The molecule has 5 rings (SSSR count). The summed E-state index contributed by atoms with van der Waals surface area (Å²) in [6.07, 6.45) is 0.313. The van der Waals surface area contributed by atoms with Gasteiger partial charge in [0.15, 0.2) is 0 Å². The third-order valence-corrected chi connectivity index (χ3v) is 6.95. The van der Waals surface area contributed by atoms with Crippen molar-refractivity contribution in [3.63, 3.8) is 0 Å². The molecule has 2 fully saturated rings. The van der Waals surface area contributed by atoms with Crippen LogP contribution in [0.3, 0.4) is 0 Å². The van der Waals surface area contributed by atoms with Crippen LogP contribution in [0.2, 0.25) is 0 Å². The van der Waals surface area contributed by atoms with E-state index in [9.17, 15) is 13.2 Å². The maximum Gasteiger partial charge on any atom is 0.393 e. The van der Waals surface area contributed by atoms with E-state index in [1.165, 1.54) is 6.33 Å². The first-order valence-corrected chi connectivity index (χ1v) is 10.6. The van der Waals surface area contributed by atoms with E-state index in [4.69, 9.17) is 0 Å². The number of nitrogens with one attached hydrogen (secondary N) is 1. The lowest BCUT2D eigenvalue weighted by Crippen LogP contribution is -2.46. The molecule has 2 saturated heterocycles. The van der Waals surface area contributed by atoms with Gasteiger partial charge in [-0.3, -0.25) is 10.00 Å². The van der Waals surface area contributed by atoms with Gasteiger partial charge in [-0.15, -0.1) is 11.3 Å². The highest BCUT2D eigenvalue weighted by Gasteiger charge is 2.39. The summed E-state index contributed by atoms with van der Waals surface area (Å²) in [4.78, 5) is 14.3. The monoisotopic (exact) mass is 422 g/mol. The van der Waals surface area contributed by atoms with E-state index in [1.54, 1.807) is 6.07 Å². The molecule has 29 heavy (non-hydrogen) atoms. The van der Waals surface area contributed by atoms with Gasteiger partial charge in [0.1, 0.15) is 17.0 Å². The van der Waals surface area contributed by atoms with Gasteiger partial charge in [0.25, 0.3) is 0 Å². The second kappa shape index (κ2) is 7.24. The molecule has 0 amide bonds. The predicted octanol–water partition coefficient (Wildman–Crippen LogP) is 3.62. The summed E-state index contributed by atoms with van der Waals surface area (Å²) in [5, 5.41) is 7.88. The van der Waals surface area contributed by atoms with Crippen LogP contribution in [-0.2, 0) is 13.0 Å². The third kappa shape index (κ3) is 3.83. The first kappa shape index (κ1) is 18.8. The van der Waals surface area contributed by atoms with E-state index in [2.05, 4.69) is 30.0 Å². The molecule has 0 spiro atoms. The molecule has 2 aliphatic rings. The van der Waals surface area contributed by atoms with Gasteiger partial charge in [-0.25, -0.2) is 9.97 Å². The van der Waals surface area contributed by atoms with Crippen molar-refractivity contribution in [1.29, 1.82) is 0 Å². The van der Waals surface area contributed by atoms with Crippen LogP contribution < -0.4 is 4.90 Å². The van der Waals surface area contributed by atoms with Crippen molar-refractivity contribution in [3.8, 4) is 0 Å². The predicted molar refractivity (Wildman–Crippen MR) is 105 cm³/mol. The van der Waals surface area contributed by atoms with Gasteiger partial charge in [-0.2, -0.15) is 18.3 Å². The normalized spacial score (nSPS) is 23.1. The van der Waals surface area contributed by atoms with Gasteiger partial charge in [-0.1, -0.05) is 0 Å². The van der Waals surface area contributed by atoms with Crippen LogP contribution in [0.1, 0.15) is 23.4 Å². The van der Waals surface area contributed by atoms with Crippen LogP contribution in [-0.4, -0.2) is 56.9 Å². The molecule has 0 bridgehead atoms. The molecule has 3 aromatic heterocycles. The molecule has 3 aromatic rings. The standard InChI is InChI=1S/C19H21F3N6S/c20-19(21,22)8-14-7-15-17(23-11-24-18(15)29-14)28-6-3-16-12(9-28)2-5-27(16)10-13-1-4-25-26-13/h1,4,7,11-12,16H,2-3,5-6,8-10H2,(H,25,26). The Balaban J connectivity index is 1.33. The zero-order valence-corrected chi connectivity index (χ0v) is 16.5. The molecular formula is C19H21F3N6S. The largest absolute Gasteiger partial charge is 0.393 e. The highest BCUT2D eigenvalue weighted by atomic mass is 32.1. The Kier molecular flexibility index (Phi) is 4.70. The Morgan fingerprint density at radius 2 is 2.10 bits per heavy atom. The molecule has 0 radical (unpaired) electrons. The number of aromatic nitrogens is 4. The number of fused-ring (bicyclic) bond motifs is 2. The van der Waals surface area contributed by atoms with Gasteiger partial charge >= 0.3 is 6.18 Å². The molecule has 6 nitrogen and oxygen atoms in total. The van der Waals surface area contributed by atoms with Crippen molar-refractivity contribution in [2.75, 3.05) is 24.5 Å². The Hall–Kier alpha value is -2.20. The van der Waals surface area contributed by atoms with Gasteiger partial charge in [0.05, 0.1) is 17.5 Å². The Labute approximate surface area is 169 Å². The van der Waals surface area contributed by atoms with Crippen molar-refractivity contribution in [1.82, 2.24) is 25.1 Å². The molecule has 10 heteroatoms. The minimum atomic E-state index is -4.21. The molecule has 154 valence electrons. The Morgan fingerprint density at radius 1 is 1.21 bits per heavy atom. The van der Waals surface area contributed by atoms with Crippen molar-refractivity contribution in [2.45, 2.75) is 38.0 Å². The number of alkyl halides is 3. The van der Waals surface area contributed by atoms with Crippen LogP contribution in [0.4, 0.5) is 19.0 Å². The number of H-pyrrole nitrogens is 1. The smallest absolute Gasteiger partial charge is 0.356 e. The topological polar surface area (TPSA) is 60.9 Å². The number of thiophene rings is 1. The summed E-state index contributed by atoms with van der Waals surface area (Å²) in [7, 11) is 0. The van der Waals surface area contributed by atoms with Gasteiger partial charge < -0.3 is 4.90 Å². The number of likely N-dealkylation sites (tertiary alicyclic amines) is 1. The molecule has 2 unspecified atom stereocenters. The van der Waals surface area contributed by atoms with Crippen LogP contribution in [0, 0.1) is 5.92 Å². The van der Waals surface area contributed by atoms with Crippen molar-refractivity contribution < 1.29 is 13.2 Å². The highest BCUT2D eigenvalue weighted by molar-refractivity contribution is 7.18. The number of hydrogen-bond acceptors (Lipinski definition) is 6. The summed E-state index contributed by atoms with van der Waals surface area (Å²) >= 11 is 1.11. The Bertz CT molecular complexity index is 986. The number of hydrogen-bond donors (Lipinski definition) is 1. The molecule has 2 aliphatic heterocycles. The summed E-state index contributed by atoms with van der Waals surface area (Å²) in [6.45, 7) is 3.62. The van der Waals surface area contributed by atoms with Crippen LogP contribution >= 0.6 is 11.3 Å². The zero-order valence-electron chi connectivity index (χ0n) is 15.7. The highest BCUT2D eigenvalue weighted by Crippen LogP contribution is 2.38. The van der Waals surface area contributed by atoms with Crippen molar-refractivity contribution in [2.24, 2.45) is 5.92 Å². The van der Waals surface area contributed by atoms with E-state index >= 15 is 0 Å². The molecular weight excluding hydrogens is 401 g/mol. The molecule has 0 saturated carbocycles. The average Bonchev–Trinajstić information content (AvgIpc) is 3.40. The molecule has 0 aromatic carbocycles. The number of piperidine rings is 1. The van der Waals surface area contributed by atoms with E-state index in [0.29, 0.717) is 16.8 Å². The second-order valence-corrected chi connectivity index (χ2v) is 8.92. The summed E-state index contributed by atoms with van der Waals surface area (Å²) in [6, 6.07) is 4.14. The van der Waals surface area contributed by atoms with E-state index in [1.807, 2.05) is 12.3 Å². The third-order valence-electron chi connectivity index (χ3n) is 5.91. The van der Waals surface area contributed by atoms with Gasteiger partial charge in [0.2, 0.25) is 0 Å². The second-order valence-electron chi connectivity index (χ2n) is 7.81. The van der Waals surface area contributed by atoms with Crippen molar-refractivity contribution in [3.05, 3.63) is 35.2 Å². The fourth-order valence-electron chi connectivity index (χ4n) is 4.69. The summed E-state index contributed by atoms with van der Waals surface area (Å²) in [5.41, 5.74) is 1.06. The molecule has 5 heterocycles. The van der Waals surface area contributed by atoms with Crippen LogP contribution in [0.25, 0.3) is 10.2 Å².